The number of carbonyl (C=O) groups excluding carboxylic acids is 1. The van der Waals surface area contributed by atoms with Crippen LogP contribution < -0.4 is 5.32 Å². The van der Waals surface area contributed by atoms with Crippen LogP contribution in [-0.4, -0.2) is 71.2 Å². The Morgan fingerprint density at radius 1 is 1.22 bits per heavy atom. The molecular formula is C17H26N4O2. The quantitative estimate of drug-likeness (QED) is 0.824. The van der Waals surface area contributed by atoms with E-state index in [2.05, 4.69) is 15.2 Å². The molecule has 0 spiro atoms. The number of aromatic nitrogens is 1. The van der Waals surface area contributed by atoms with Gasteiger partial charge in [-0.05, 0) is 50.9 Å². The van der Waals surface area contributed by atoms with Crippen LogP contribution >= 0.6 is 0 Å². The number of carbonyl (C=O) groups is 1. The van der Waals surface area contributed by atoms with Crippen molar-refractivity contribution in [3.8, 4) is 0 Å². The molecule has 2 aliphatic heterocycles. The van der Waals surface area contributed by atoms with Gasteiger partial charge < -0.3 is 20.2 Å². The van der Waals surface area contributed by atoms with Gasteiger partial charge in [0.2, 0.25) is 0 Å². The van der Waals surface area contributed by atoms with Gasteiger partial charge in [-0.15, -0.1) is 0 Å². The summed E-state index contributed by atoms with van der Waals surface area (Å²) < 4.78 is 0. The van der Waals surface area contributed by atoms with E-state index in [1.54, 1.807) is 18.3 Å². The first kappa shape index (κ1) is 16.2. The Hall–Kier alpha value is -1.66. The molecule has 0 saturated carbocycles. The van der Waals surface area contributed by atoms with Crippen LogP contribution in [0.1, 0.15) is 36.0 Å². The number of anilines is 1. The molecule has 0 aliphatic carbocycles. The van der Waals surface area contributed by atoms with Crippen molar-refractivity contribution in [2.24, 2.45) is 0 Å². The highest BCUT2D eigenvalue weighted by Gasteiger charge is 2.20. The van der Waals surface area contributed by atoms with Crippen molar-refractivity contribution in [1.29, 1.82) is 0 Å². The largest absolute Gasteiger partial charge is 0.390 e. The normalized spacial score (nSPS) is 20.0. The van der Waals surface area contributed by atoms with Crippen molar-refractivity contribution in [3.63, 3.8) is 0 Å². The molecule has 1 aromatic heterocycles. The van der Waals surface area contributed by atoms with Crippen molar-refractivity contribution >= 4 is 11.7 Å². The van der Waals surface area contributed by atoms with Crippen LogP contribution in [-0.2, 0) is 0 Å². The average molecular weight is 318 g/mol. The molecule has 0 radical (unpaired) electrons. The third-order valence-corrected chi connectivity index (χ3v) is 4.59. The fourth-order valence-corrected chi connectivity index (χ4v) is 3.31. The maximum atomic E-state index is 12.4. The molecule has 2 N–H and O–H groups in total. The molecule has 2 fully saturated rings. The van der Waals surface area contributed by atoms with Gasteiger partial charge in [-0.1, -0.05) is 0 Å². The van der Waals surface area contributed by atoms with E-state index < -0.39 is 6.10 Å². The highest BCUT2D eigenvalue weighted by Crippen LogP contribution is 2.15. The fraction of sp³-hybridized carbons (Fsp3) is 0.647. The Bertz CT molecular complexity index is 525. The molecule has 1 atom stereocenters. The number of pyridine rings is 1. The molecule has 3 rings (SSSR count). The van der Waals surface area contributed by atoms with Gasteiger partial charge in [0.1, 0.15) is 5.82 Å². The summed E-state index contributed by atoms with van der Waals surface area (Å²) in [5.41, 5.74) is 0.665. The molecular weight excluding hydrogens is 292 g/mol. The monoisotopic (exact) mass is 318 g/mol. The van der Waals surface area contributed by atoms with Gasteiger partial charge in [0, 0.05) is 37.9 Å². The zero-order valence-corrected chi connectivity index (χ0v) is 13.6. The Labute approximate surface area is 137 Å². The molecule has 0 aromatic carbocycles. The fourth-order valence-electron chi connectivity index (χ4n) is 3.31. The first-order chi connectivity index (χ1) is 11.2. The molecule has 3 heterocycles. The minimum Gasteiger partial charge on any atom is -0.390 e. The van der Waals surface area contributed by atoms with E-state index in [0.29, 0.717) is 24.5 Å². The summed E-state index contributed by atoms with van der Waals surface area (Å²) in [4.78, 5) is 20.8. The Morgan fingerprint density at radius 2 is 1.91 bits per heavy atom. The van der Waals surface area contributed by atoms with E-state index in [0.717, 1.165) is 39.0 Å². The third-order valence-electron chi connectivity index (χ3n) is 4.59. The minimum absolute atomic E-state index is 0.0746. The van der Waals surface area contributed by atoms with E-state index in [1.807, 2.05) is 4.90 Å². The van der Waals surface area contributed by atoms with Crippen LogP contribution in [0.3, 0.4) is 0 Å². The summed E-state index contributed by atoms with van der Waals surface area (Å²) in [6.07, 6.45) is 5.85. The molecule has 23 heavy (non-hydrogen) atoms. The van der Waals surface area contributed by atoms with E-state index in [-0.39, 0.29) is 5.91 Å². The Balaban J connectivity index is 1.51. The summed E-state index contributed by atoms with van der Waals surface area (Å²) in [6, 6.07) is 3.54. The van der Waals surface area contributed by atoms with Crippen LogP contribution in [0.25, 0.3) is 0 Å². The summed E-state index contributed by atoms with van der Waals surface area (Å²) in [5, 5.41) is 13.3. The molecule has 126 valence electrons. The van der Waals surface area contributed by atoms with Crippen molar-refractivity contribution in [2.45, 2.75) is 31.8 Å². The number of nitrogens with one attached hydrogen (secondary N) is 1. The lowest BCUT2D eigenvalue weighted by Crippen LogP contribution is -2.34. The number of aliphatic hydroxyl groups is 1. The number of amides is 1. The topological polar surface area (TPSA) is 68.7 Å². The van der Waals surface area contributed by atoms with Gasteiger partial charge in [-0.3, -0.25) is 4.79 Å². The molecule has 6 heteroatoms. The average Bonchev–Trinajstić information content (AvgIpc) is 3.26. The molecule has 2 saturated heterocycles. The van der Waals surface area contributed by atoms with Crippen LogP contribution in [0.5, 0.6) is 0 Å². The van der Waals surface area contributed by atoms with Crippen LogP contribution in [0.4, 0.5) is 5.82 Å². The summed E-state index contributed by atoms with van der Waals surface area (Å²) in [6.45, 7) is 4.99. The van der Waals surface area contributed by atoms with Gasteiger partial charge in [-0.25, -0.2) is 4.98 Å². The molecule has 1 aromatic rings. The van der Waals surface area contributed by atoms with Gasteiger partial charge in [0.25, 0.3) is 5.91 Å². The maximum Gasteiger partial charge on any atom is 0.254 e. The van der Waals surface area contributed by atoms with Crippen molar-refractivity contribution in [3.05, 3.63) is 23.9 Å². The maximum absolute atomic E-state index is 12.4. The number of β-amino-alcohol motifs (C(OH)–C–C–N with tert-alkyl or cyclic N) is 1. The zero-order valence-electron chi connectivity index (χ0n) is 13.6. The predicted molar refractivity (Wildman–Crippen MR) is 89.5 cm³/mol. The number of likely N-dealkylation sites (tertiary alicyclic amines) is 2. The molecule has 1 amide bonds. The number of rotatable bonds is 6. The molecule has 0 bridgehead atoms. The van der Waals surface area contributed by atoms with E-state index in [9.17, 15) is 9.90 Å². The summed E-state index contributed by atoms with van der Waals surface area (Å²) in [5.74, 6) is 0.723. The SMILES string of the molecule is O=C(c1ccnc(NCC(O)CN2CCCC2)c1)N1CCCC1. The van der Waals surface area contributed by atoms with Gasteiger partial charge >= 0.3 is 0 Å². The number of aliphatic hydroxyl groups excluding tert-OH is 1. The molecule has 2 aliphatic rings. The summed E-state index contributed by atoms with van der Waals surface area (Å²) in [7, 11) is 0. The predicted octanol–water partition coefficient (Wildman–Crippen LogP) is 1.19. The summed E-state index contributed by atoms with van der Waals surface area (Å²) >= 11 is 0. The van der Waals surface area contributed by atoms with Crippen LogP contribution in [0.2, 0.25) is 0 Å². The lowest BCUT2D eigenvalue weighted by atomic mass is 10.2. The zero-order chi connectivity index (χ0) is 16.1. The first-order valence-electron chi connectivity index (χ1n) is 8.62. The van der Waals surface area contributed by atoms with Gasteiger partial charge in [-0.2, -0.15) is 0 Å². The highest BCUT2D eigenvalue weighted by molar-refractivity contribution is 5.95. The van der Waals surface area contributed by atoms with E-state index in [4.69, 9.17) is 0 Å². The van der Waals surface area contributed by atoms with Crippen molar-refractivity contribution in [1.82, 2.24) is 14.8 Å². The minimum atomic E-state index is -0.423. The Kier molecular flexibility index (Phi) is 5.46. The lowest BCUT2D eigenvalue weighted by Gasteiger charge is -2.20. The number of hydrogen-bond acceptors (Lipinski definition) is 5. The van der Waals surface area contributed by atoms with Gasteiger partial charge in [0.05, 0.1) is 6.10 Å². The second-order valence-corrected chi connectivity index (χ2v) is 6.47. The van der Waals surface area contributed by atoms with Crippen LogP contribution in [0.15, 0.2) is 18.3 Å². The number of hydrogen-bond donors (Lipinski definition) is 2. The standard InChI is InChI=1S/C17H26N4O2/c22-15(13-20-7-1-2-8-20)12-19-16-11-14(5-6-18-16)17(23)21-9-3-4-10-21/h5-6,11,15,22H,1-4,7-10,12-13H2,(H,18,19). The molecule has 6 nitrogen and oxygen atoms in total. The second-order valence-electron chi connectivity index (χ2n) is 6.47. The van der Waals surface area contributed by atoms with Crippen LogP contribution in [0, 0.1) is 0 Å². The second kappa shape index (κ2) is 7.75. The van der Waals surface area contributed by atoms with E-state index >= 15 is 0 Å². The highest BCUT2D eigenvalue weighted by atomic mass is 16.3. The van der Waals surface area contributed by atoms with E-state index in [1.165, 1.54) is 12.8 Å². The van der Waals surface area contributed by atoms with Gasteiger partial charge in [0.15, 0.2) is 0 Å². The first-order valence-corrected chi connectivity index (χ1v) is 8.62. The lowest BCUT2D eigenvalue weighted by molar-refractivity contribution is 0.0793. The Morgan fingerprint density at radius 3 is 2.65 bits per heavy atom. The number of nitrogens with zero attached hydrogens (tertiary/aromatic N) is 3. The van der Waals surface area contributed by atoms with Crippen molar-refractivity contribution < 1.29 is 9.90 Å². The third kappa shape index (κ3) is 4.42. The van der Waals surface area contributed by atoms with Crippen molar-refractivity contribution in [2.75, 3.05) is 44.6 Å². The molecule has 1 unspecified atom stereocenters. The smallest absolute Gasteiger partial charge is 0.254 e.